The maximum absolute atomic E-state index is 9.02. The molecule has 0 spiro atoms. The van der Waals surface area contributed by atoms with Crippen LogP contribution in [-0.2, 0) is 19.5 Å². The van der Waals surface area contributed by atoms with Crippen molar-refractivity contribution in [3.63, 3.8) is 0 Å². The van der Waals surface area contributed by atoms with E-state index in [2.05, 4.69) is 44.9 Å². The number of nitrogens with zero attached hydrogens (tertiary/aromatic N) is 4. The van der Waals surface area contributed by atoms with Crippen LogP contribution in [0.25, 0.3) is 0 Å². The van der Waals surface area contributed by atoms with E-state index in [1.165, 1.54) is 5.69 Å². The minimum atomic E-state index is 0.666. The highest BCUT2D eigenvalue weighted by molar-refractivity contribution is 7.80. The Kier molecular flexibility index (Phi) is 8.72. The van der Waals surface area contributed by atoms with E-state index in [0.29, 0.717) is 17.2 Å². The zero-order chi connectivity index (χ0) is 25.3. The first-order valence-corrected chi connectivity index (χ1v) is 12.6. The average molecular weight is 514 g/mol. The molecular formula is C29H28ClN5S. The number of aromatic nitrogens is 2. The normalized spacial score (nSPS) is 10.6. The van der Waals surface area contributed by atoms with E-state index in [0.717, 1.165) is 53.3 Å². The summed E-state index contributed by atoms with van der Waals surface area (Å²) in [6, 6.07) is 25.9. The third-order valence-corrected chi connectivity index (χ3v) is 6.63. The summed E-state index contributed by atoms with van der Waals surface area (Å²) < 4.78 is 2.16. The van der Waals surface area contributed by atoms with Gasteiger partial charge >= 0.3 is 0 Å². The monoisotopic (exact) mass is 513 g/mol. The van der Waals surface area contributed by atoms with E-state index in [4.69, 9.17) is 29.1 Å². The van der Waals surface area contributed by atoms with Gasteiger partial charge in [-0.1, -0.05) is 54.1 Å². The maximum atomic E-state index is 9.02. The molecule has 0 aliphatic rings. The second-order valence-electron chi connectivity index (χ2n) is 8.72. The summed E-state index contributed by atoms with van der Waals surface area (Å²) >= 11 is 12.1. The molecule has 0 saturated carbocycles. The summed E-state index contributed by atoms with van der Waals surface area (Å²) in [6.07, 6.45) is 5.57. The van der Waals surface area contributed by atoms with Crippen LogP contribution in [-0.4, -0.2) is 26.1 Å². The van der Waals surface area contributed by atoms with Crippen LogP contribution < -0.4 is 5.32 Å². The highest BCUT2D eigenvalue weighted by atomic mass is 35.5. The molecule has 5 nitrogen and oxygen atoms in total. The predicted octanol–water partition coefficient (Wildman–Crippen LogP) is 6.60. The molecule has 4 aromatic rings. The van der Waals surface area contributed by atoms with Gasteiger partial charge in [-0.05, 0) is 79.0 Å². The topological polar surface area (TPSA) is 56.9 Å². The van der Waals surface area contributed by atoms with Crippen molar-refractivity contribution < 1.29 is 0 Å². The fourth-order valence-corrected chi connectivity index (χ4v) is 4.53. The van der Waals surface area contributed by atoms with Gasteiger partial charge in [0.05, 0.1) is 18.0 Å². The number of imidazole rings is 1. The van der Waals surface area contributed by atoms with Crippen molar-refractivity contribution in [1.29, 1.82) is 5.26 Å². The summed E-state index contributed by atoms with van der Waals surface area (Å²) in [7, 11) is 0. The zero-order valence-electron chi connectivity index (χ0n) is 20.2. The van der Waals surface area contributed by atoms with Gasteiger partial charge in [-0.2, -0.15) is 5.26 Å². The zero-order valence-corrected chi connectivity index (χ0v) is 21.8. The van der Waals surface area contributed by atoms with Crippen LogP contribution in [0.15, 0.2) is 85.3 Å². The number of hydrogen-bond donors (Lipinski definition) is 1. The van der Waals surface area contributed by atoms with Crippen LogP contribution >= 0.6 is 23.8 Å². The Hall–Kier alpha value is -3.66. The Balaban J connectivity index is 1.42. The van der Waals surface area contributed by atoms with Gasteiger partial charge in [0.1, 0.15) is 0 Å². The van der Waals surface area contributed by atoms with Crippen molar-refractivity contribution in [3.05, 3.63) is 118 Å². The van der Waals surface area contributed by atoms with Gasteiger partial charge in [0.25, 0.3) is 0 Å². The van der Waals surface area contributed by atoms with E-state index in [1.807, 2.05) is 73.2 Å². The number of thiocarbonyl (C=S) groups is 1. The summed E-state index contributed by atoms with van der Waals surface area (Å²) in [4.78, 5) is 6.56. The van der Waals surface area contributed by atoms with E-state index in [9.17, 15) is 0 Å². The SMILES string of the molecule is Cc1ccccc1NC(=S)N(CCCc1cncn1Cc1ccc(C#N)cc1)Cc1cccc(Cl)c1. The number of benzene rings is 3. The van der Waals surface area contributed by atoms with Crippen molar-refractivity contribution in [2.45, 2.75) is 32.9 Å². The second-order valence-corrected chi connectivity index (χ2v) is 9.54. The number of aryl methyl sites for hydroxylation is 2. The Morgan fingerprint density at radius 1 is 1.08 bits per heavy atom. The van der Waals surface area contributed by atoms with Crippen molar-refractivity contribution in [1.82, 2.24) is 14.5 Å². The number of nitriles is 1. The summed E-state index contributed by atoms with van der Waals surface area (Å²) in [5.41, 5.74) is 6.25. The van der Waals surface area contributed by atoms with Crippen LogP contribution in [0, 0.1) is 18.3 Å². The maximum Gasteiger partial charge on any atom is 0.173 e. The Labute approximate surface area is 223 Å². The smallest absolute Gasteiger partial charge is 0.173 e. The Morgan fingerprint density at radius 3 is 2.64 bits per heavy atom. The number of halogens is 1. The lowest BCUT2D eigenvalue weighted by atomic mass is 10.1. The third kappa shape index (κ3) is 6.94. The van der Waals surface area contributed by atoms with Crippen molar-refractivity contribution in [2.24, 2.45) is 0 Å². The first-order chi connectivity index (χ1) is 17.5. The summed E-state index contributed by atoms with van der Waals surface area (Å²) in [5, 5.41) is 13.9. The molecule has 3 aromatic carbocycles. The first kappa shape index (κ1) is 25.4. The van der Waals surface area contributed by atoms with Crippen LogP contribution in [0.2, 0.25) is 5.02 Å². The fourth-order valence-electron chi connectivity index (χ4n) is 4.05. The molecule has 7 heteroatoms. The molecule has 1 heterocycles. The summed E-state index contributed by atoms with van der Waals surface area (Å²) in [6.45, 7) is 4.25. The van der Waals surface area contributed by atoms with E-state index >= 15 is 0 Å². The molecule has 0 radical (unpaired) electrons. The van der Waals surface area contributed by atoms with E-state index in [-0.39, 0.29) is 0 Å². The number of rotatable bonds is 9. The predicted molar refractivity (Wildman–Crippen MR) is 150 cm³/mol. The quantitative estimate of drug-likeness (QED) is 0.256. The standard InChI is InChI=1S/C29H28ClN5S/c1-22-6-2-3-10-28(22)33-29(36)34(20-25-7-4-8-26(30)16-25)15-5-9-27-18-32-21-35(27)19-24-13-11-23(17-31)12-14-24/h2-4,6-8,10-14,16,18,21H,5,9,15,19-20H2,1H3,(H,33,36). The molecule has 4 rings (SSSR count). The molecule has 182 valence electrons. The average Bonchev–Trinajstić information content (AvgIpc) is 3.32. The van der Waals surface area contributed by atoms with E-state index < -0.39 is 0 Å². The van der Waals surface area contributed by atoms with Gasteiger partial charge in [0.2, 0.25) is 0 Å². The molecular weight excluding hydrogens is 486 g/mol. The highest BCUT2D eigenvalue weighted by Crippen LogP contribution is 2.18. The highest BCUT2D eigenvalue weighted by Gasteiger charge is 2.13. The van der Waals surface area contributed by atoms with Crippen LogP contribution in [0.3, 0.4) is 0 Å². The third-order valence-electron chi connectivity index (χ3n) is 6.03. The Bertz CT molecular complexity index is 1360. The lowest BCUT2D eigenvalue weighted by Crippen LogP contribution is -2.35. The van der Waals surface area contributed by atoms with E-state index in [1.54, 1.807) is 0 Å². The van der Waals surface area contributed by atoms with Crippen molar-refractivity contribution in [3.8, 4) is 6.07 Å². The summed E-state index contributed by atoms with van der Waals surface area (Å²) in [5.74, 6) is 0. The number of anilines is 1. The molecule has 0 aliphatic heterocycles. The molecule has 1 aromatic heterocycles. The Morgan fingerprint density at radius 2 is 1.89 bits per heavy atom. The largest absolute Gasteiger partial charge is 0.345 e. The molecule has 0 saturated heterocycles. The fraction of sp³-hybridized carbons (Fsp3) is 0.207. The van der Waals surface area contributed by atoms with Crippen LogP contribution in [0.1, 0.15) is 34.4 Å². The second kappa shape index (κ2) is 12.3. The molecule has 0 atom stereocenters. The van der Waals surface area contributed by atoms with Crippen molar-refractivity contribution >= 4 is 34.6 Å². The van der Waals surface area contributed by atoms with Crippen LogP contribution in [0.5, 0.6) is 0 Å². The number of nitrogens with one attached hydrogen (secondary N) is 1. The molecule has 0 unspecified atom stereocenters. The molecule has 1 N–H and O–H groups in total. The van der Waals surface area contributed by atoms with Gasteiger partial charge in [0.15, 0.2) is 5.11 Å². The molecule has 0 fully saturated rings. The minimum absolute atomic E-state index is 0.666. The van der Waals surface area contributed by atoms with Crippen molar-refractivity contribution in [2.75, 3.05) is 11.9 Å². The molecule has 0 aliphatic carbocycles. The molecule has 36 heavy (non-hydrogen) atoms. The molecule has 0 amide bonds. The molecule has 0 bridgehead atoms. The minimum Gasteiger partial charge on any atom is -0.345 e. The van der Waals surface area contributed by atoms with Gasteiger partial charge in [-0.25, -0.2) is 4.98 Å². The lowest BCUT2D eigenvalue weighted by molar-refractivity contribution is 0.408. The first-order valence-electron chi connectivity index (χ1n) is 11.9. The van der Waals surface area contributed by atoms with Gasteiger partial charge in [-0.15, -0.1) is 0 Å². The van der Waals surface area contributed by atoms with Gasteiger partial charge < -0.3 is 14.8 Å². The van der Waals surface area contributed by atoms with Crippen LogP contribution in [0.4, 0.5) is 5.69 Å². The number of para-hydroxylation sites is 1. The lowest BCUT2D eigenvalue weighted by Gasteiger charge is -2.27. The van der Waals surface area contributed by atoms with Gasteiger partial charge in [-0.3, -0.25) is 0 Å². The number of hydrogen-bond acceptors (Lipinski definition) is 3. The van der Waals surface area contributed by atoms with Gasteiger partial charge in [0, 0.05) is 42.2 Å².